The van der Waals surface area contributed by atoms with Crippen molar-refractivity contribution in [1.29, 1.82) is 0 Å². The third kappa shape index (κ3) is 6.12. The summed E-state index contributed by atoms with van der Waals surface area (Å²) in [6.07, 6.45) is 0.593. The van der Waals surface area contributed by atoms with Crippen LogP contribution in [0.25, 0.3) is 0 Å². The fourth-order valence-electron chi connectivity index (χ4n) is 3.32. The van der Waals surface area contributed by atoms with Crippen molar-refractivity contribution in [3.8, 4) is 0 Å². The molecule has 1 aliphatic rings. The number of primary sulfonamides is 1. The van der Waals surface area contributed by atoms with Crippen molar-refractivity contribution in [1.82, 2.24) is 15.1 Å². The topological polar surface area (TPSA) is 113 Å². The number of carbonyl (C=O) groups excluding carboxylic acids is 2. The summed E-state index contributed by atoms with van der Waals surface area (Å²) in [5, 5.41) is 7.96. The molecular formula is C21H26N4O4S. The van der Waals surface area contributed by atoms with Gasteiger partial charge in [-0.25, -0.2) is 13.6 Å². The molecular weight excluding hydrogens is 404 g/mol. The highest BCUT2D eigenvalue weighted by molar-refractivity contribution is 7.89. The Hall–Kier alpha value is -2.75. The molecule has 30 heavy (non-hydrogen) atoms. The van der Waals surface area contributed by atoms with Crippen molar-refractivity contribution < 1.29 is 18.0 Å². The Labute approximate surface area is 176 Å². The van der Waals surface area contributed by atoms with E-state index >= 15 is 0 Å². The van der Waals surface area contributed by atoms with E-state index in [0.717, 1.165) is 5.56 Å². The monoisotopic (exact) mass is 430 g/mol. The van der Waals surface area contributed by atoms with Gasteiger partial charge in [-0.2, -0.15) is 0 Å². The molecule has 0 radical (unpaired) electrons. The first-order chi connectivity index (χ1) is 14.3. The van der Waals surface area contributed by atoms with Gasteiger partial charge in [-0.15, -0.1) is 0 Å². The largest absolute Gasteiger partial charge is 0.355 e. The molecule has 3 rings (SSSR count). The first-order valence-electron chi connectivity index (χ1n) is 9.78. The van der Waals surface area contributed by atoms with E-state index in [4.69, 9.17) is 5.14 Å². The van der Waals surface area contributed by atoms with Gasteiger partial charge < -0.3 is 10.2 Å². The minimum atomic E-state index is -3.69. The van der Waals surface area contributed by atoms with E-state index in [1.807, 2.05) is 40.1 Å². The van der Waals surface area contributed by atoms with Crippen LogP contribution >= 0.6 is 0 Å². The number of nitrogens with one attached hydrogen (secondary N) is 1. The Morgan fingerprint density at radius 2 is 1.57 bits per heavy atom. The van der Waals surface area contributed by atoms with Crippen LogP contribution in [0.2, 0.25) is 0 Å². The van der Waals surface area contributed by atoms with Crippen LogP contribution < -0.4 is 10.5 Å². The van der Waals surface area contributed by atoms with E-state index in [9.17, 15) is 18.0 Å². The number of hydrogen-bond acceptors (Lipinski definition) is 5. The van der Waals surface area contributed by atoms with Gasteiger partial charge in [-0.1, -0.05) is 30.3 Å². The molecule has 1 fully saturated rings. The molecule has 2 amide bonds. The number of rotatable bonds is 7. The Morgan fingerprint density at radius 1 is 0.933 bits per heavy atom. The molecule has 0 aromatic heterocycles. The zero-order valence-corrected chi connectivity index (χ0v) is 17.5. The predicted octanol–water partition coefficient (Wildman–Crippen LogP) is 0.451. The first kappa shape index (κ1) is 21.9. The van der Waals surface area contributed by atoms with Crippen molar-refractivity contribution in [3.63, 3.8) is 0 Å². The third-order valence-electron chi connectivity index (χ3n) is 5.04. The molecule has 8 nitrogen and oxygen atoms in total. The van der Waals surface area contributed by atoms with Crippen molar-refractivity contribution in [2.45, 2.75) is 11.3 Å². The molecule has 1 heterocycles. The van der Waals surface area contributed by atoms with E-state index < -0.39 is 10.0 Å². The summed E-state index contributed by atoms with van der Waals surface area (Å²) < 4.78 is 22.5. The summed E-state index contributed by atoms with van der Waals surface area (Å²) in [7, 11) is -3.69. The number of carbonyl (C=O) groups is 2. The molecule has 0 spiro atoms. The van der Waals surface area contributed by atoms with Gasteiger partial charge in [0.25, 0.3) is 5.91 Å². The lowest BCUT2D eigenvalue weighted by Crippen LogP contribution is -2.51. The van der Waals surface area contributed by atoms with Gasteiger partial charge in [-0.05, 0) is 36.2 Å². The highest BCUT2D eigenvalue weighted by Crippen LogP contribution is 2.10. The van der Waals surface area contributed by atoms with E-state index in [-0.39, 0.29) is 23.3 Å². The summed E-state index contributed by atoms with van der Waals surface area (Å²) in [5.41, 5.74) is 1.59. The minimum absolute atomic E-state index is 0.0214. The molecule has 160 valence electrons. The molecule has 9 heteroatoms. The normalized spacial score (nSPS) is 15.0. The van der Waals surface area contributed by atoms with Gasteiger partial charge in [0.1, 0.15) is 0 Å². The second kappa shape index (κ2) is 9.84. The van der Waals surface area contributed by atoms with Gasteiger partial charge in [0.05, 0.1) is 11.4 Å². The number of benzene rings is 2. The van der Waals surface area contributed by atoms with Crippen molar-refractivity contribution in [2.24, 2.45) is 5.14 Å². The van der Waals surface area contributed by atoms with Crippen molar-refractivity contribution in [3.05, 3.63) is 65.7 Å². The van der Waals surface area contributed by atoms with E-state index in [0.29, 0.717) is 44.7 Å². The maximum atomic E-state index is 12.5. The number of sulfonamides is 1. The Balaban J connectivity index is 1.37. The Bertz CT molecular complexity index is 970. The summed E-state index contributed by atoms with van der Waals surface area (Å²) in [4.78, 5) is 28.6. The molecule has 2 aromatic rings. The van der Waals surface area contributed by atoms with Crippen molar-refractivity contribution >= 4 is 21.8 Å². The number of amides is 2. The molecule has 0 saturated carbocycles. The summed E-state index contributed by atoms with van der Waals surface area (Å²) >= 11 is 0. The maximum Gasteiger partial charge on any atom is 0.253 e. The van der Waals surface area contributed by atoms with Gasteiger partial charge in [-0.3, -0.25) is 14.5 Å². The average Bonchev–Trinajstić information content (AvgIpc) is 2.74. The van der Waals surface area contributed by atoms with Crippen molar-refractivity contribution in [2.75, 3.05) is 39.3 Å². The second-order valence-corrected chi connectivity index (χ2v) is 8.78. The molecule has 3 N–H and O–H groups in total. The van der Waals surface area contributed by atoms with Gasteiger partial charge in [0.2, 0.25) is 15.9 Å². The van der Waals surface area contributed by atoms with Gasteiger partial charge >= 0.3 is 0 Å². The van der Waals surface area contributed by atoms with Crippen LogP contribution in [0.3, 0.4) is 0 Å². The van der Waals surface area contributed by atoms with E-state index in [1.54, 1.807) is 12.1 Å². The first-order valence-corrected chi connectivity index (χ1v) is 11.3. The average molecular weight is 431 g/mol. The highest BCUT2D eigenvalue weighted by Gasteiger charge is 2.23. The number of nitrogens with two attached hydrogens (primary N) is 1. The van der Waals surface area contributed by atoms with Crippen LogP contribution in [0, 0.1) is 0 Å². The van der Waals surface area contributed by atoms with E-state index in [2.05, 4.69) is 5.32 Å². The SMILES string of the molecule is NS(=O)(=O)c1ccc(CCNC(=O)CN2CCN(C(=O)c3ccccc3)CC2)cc1. The van der Waals surface area contributed by atoms with Crippen LogP contribution in [-0.4, -0.2) is 69.3 Å². The fraction of sp³-hybridized carbons (Fsp3) is 0.333. The molecule has 0 atom stereocenters. The quantitative estimate of drug-likeness (QED) is 0.662. The van der Waals surface area contributed by atoms with Gasteiger partial charge in [0, 0.05) is 38.3 Å². The molecule has 0 aliphatic carbocycles. The molecule has 0 unspecified atom stereocenters. The predicted molar refractivity (Wildman–Crippen MR) is 113 cm³/mol. The second-order valence-electron chi connectivity index (χ2n) is 7.22. The standard InChI is InChI=1S/C21H26N4O4S/c22-30(28,29)19-8-6-17(7-9-19)10-11-23-20(26)16-24-12-14-25(15-13-24)21(27)18-4-2-1-3-5-18/h1-9H,10-16H2,(H,23,26)(H2,22,28,29). The molecule has 2 aromatic carbocycles. The van der Waals surface area contributed by atoms with Crippen LogP contribution in [0.1, 0.15) is 15.9 Å². The maximum absolute atomic E-state index is 12.5. The van der Waals surface area contributed by atoms with Crippen LogP contribution in [-0.2, 0) is 21.2 Å². The summed E-state index contributed by atoms with van der Waals surface area (Å²) in [6, 6.07) is 15.5. The molecule has 1 saturated heterocycles. The zero-order chi connectivity index (χ0) is 21.6. The van der Waals surface area contributed by atoms with Crippen LogP contribution in [0.15, 0.2) is 59.5 Å². The highest BCUT2D eigenvalue weighted by atomic mass is 32.2. The fourth-order valence-corrected chi connectivity index (χ4v) is 3.84. The number of hydrogen-bond donors (Lipinski definition) is 2. The minimum Gasteiger partial charge on any atom is -0.355 e. The van der Waals surface area contributed by atoms with Crippen LogP contribution in [0.4, 0.5) is 0 Å². The summed E-state index contributed by atoms with van der Waals surface area (Å²) in [6.45, 7) is 3.24. The molecule has 0 bridgehead atoms. The number of piperazine rings is 1. The zero-order valence-electron chi connectivity index (χ0n) is 16.7. The van der Waals surface area contributed by atoms with Crippen LogP contribution in [0.5, 0.6) is 0 Å². The lowest BCUT2D eigenvalue weighted by Gasteiger charge is -2.34. The Kier molecular flexibility index (Phi) is 7.20. The van der Waals surface area contributed by atoms with E-state index in [1.165, 1.54) is 12.1 Å². The number of nitrogens with zero attached hydrogens (tertiary/aromatic N) is 2. The van der Waals surface area contributed by atoms with Gasteiger partial charge in [0.15, 0.2) is 0 Å². The summed E-state index contributed by atoms with van der Waals surface area (Å²) in [5.74, 6) is -0.0489. The molecule has 1 aliphatic heterocycles. The Morgan fingerprint density at radius 3 is 2.17 bits per heavy atom. The third-order valence-corrected chi connectivity index (χ3v) is 5.96. The smallest absolute Gasteiger partial charge is 0.253 e. The lowest BCUT2D eigenvalue weighted by molar-refractivity contribution is -0.122. The lowest BCUT2D eigenvalue weighted by atomic mass is 10.1.